The molecule has 0 aromatic heterocycles. The smallest absolute Gasteiger partial charge is 0.416 e. The standard InChI is InChI=1S/C16H14F3NO2/c1-11(22-14-8-3-2-4-9-14)15(21)20-13-7-5-6-12(10-13)16(17,18)19/h2-11H,1H3,(H,20,21)/t11-/m0/s1. The molecule has 22 heavy (non-hydrogen) atoms. The SMILES string of the molecule is C[C@H](Oc1ccccc1)C(=O)Nc1cccc(C(F)(F)F)c1. The molecular formula is C16H14F3NO2. The maximum atomic E-state index is 12.6. The summed E-state index contributed by atoms with van der Waals surface area (Å²) in [6.07, 6.45) is -5.29. The van der Waals surface area contributed by atoms with E-state index in [2.05, 4.69) is 5.32 Å². The molecule has 2 aromatic rings. The second-order valence-electron chi connectivity index (χ2n) is 4.64. The van der Waals surface area contributed by atoms with Gasteiger partial charge in [-0.2, -0.15) is 13.2 Å². The Hall–Kier alpha value is -2.50. The van der Waals surface area contributed by atoms with Crippen LogP contribution in [0.15, 0.2) is 54.6 Å². The summed E-state index contributed by atoms with van der Waals surface area (Å²) in [5.74, 6) is -0.0163. The van der Waals surface area contributed by atoms with Crippen molar-refractivity contribution in [2.45, 2.75) is 19.2 Å². The van der Waals surface area contributed by atoms with E-state index < -0.39 is 23.8 Å². The molecule has 0 spiro atoms. The largest absolute Gasteiger partial charge is 0.481 e. The molecule has 0 heterocycles. The van der Waals surface area contributed by atoms with E-state index in [1.807, 2.05) is 0 Å². The topological polar surface area (TPSA) is 38.3 Å². The van der Waals surface area contributed by atoms with Crippen LogP contribution in [0.5, 0.6) is 5.75 Å². The lowest BCUT2D eigenvalue weighted by molar-refractivity contribution is -0.137. The number of benzene rings is 2. The van der Waals surface area contributed by atoms with Gasteiger partial charge < -0.3 is 10.1 Å². The quantitative estimate of drug-likeness (QED) is 0.923. The molecule has 0 aliphatic rings. The lowest BCUT2D eigenvalue weighted by Crippen LogP contribution is -2.30. The number of amides is 1. The number of anilines is 1. The number of carbonyl (C=O) groups is 1. The Balaban J connectivity index is 2.02. The van der Waals surface area contributed by atoms with E-state index in [1.165, 1.54) is 19.1 Å². The molecule has 6 heteroatoms. The van der Waals surface area contributed by atoms with Crippen molar-refractivity contribution in [3.63, 3.8) is 0 Å². The van der Waals surface area contributed by atoms with E-state index in [0.29, 0.717) is 5.75 Å². The second-order valence-corrected chi connectivity index (χ2v) is 4.64. The minimum atomic E-state index is -4.45. The Bertz CT molecular complexity index is 641. The van der Waals surface area contributed by atoms with Crippen molar-refractivity contribution in [1.82, 2.24) is 0 Å². The molecule has 0 saturated carbocycles. The molecule has 0 unspecified atom stereocenters. The minimum Gasteiger partial charge on any atom is -0.481 e. The minimum absolute atomic E-state index is 0.0725. The van der Waals surface area contributed by atoms with Crippen LogP contribution in [-0.2, 0) is 11.0 Å². The highest BCUT2D eigenvalue weighted by Gasteiger charge is 2.30. The highest BCUT2D eigenvalue weighted by Crippen LogP contribution is 2.30. The van der Waals surface area contributed by atoms with Gasteiger partial charge >= 0.3 is 6.18 Å². The number of alkyl halides is 3. The summed E-state index contributed by atoms with van der Waals surface area (Å²) >= 11 is 0. The highest BCUT2D eigenvalue weighted by atomic mass is 19.4. The highest BCUT2D eigenvalue weighted by molar-refractivity contribution is 5.94. The Kier molecular flexibility index (Phi) is 4.70. The summed E-state index contributed by atoms with van der Waals surface area (Å²) in [7, 11) is 0. The van der Waals surface area contributed by atoms with Gasteiger partial charge in [0.2, 0.25) is 0 Å². The Morgan fingerprint density at radius 3 is 2.41 bits per heavy atom. The van der Waals surface area contributed by atoms with Crippen molar-refractivity contribution >= 4 is 11.6 Å². The number of para-hydroxylation sites is 1. The third kappa shape index (κ3) is 4.25. The summed E-state index contributed by atoms with van der Waals surface area (Å²) < 4.78 is 43.3. The van der Waals surface area contributed by atoms with Crippen LogP contribution in [0.1, 0.15) is 12.5 Å². The van der Waals surface area contributed by atoms with Gasteiger partial charge in [0.1, 0.15) is 5.75 Å². The second kappa shape index (κ2) is 6.51. The number of hydrogen-bond donors (Lipinski definition) is 1. The van der Waals surface area contributed by atoms with Crippen LogP contribution in [0.4, 0.5) is 18.9 Å². The molecule has 0 saturated heterocycles. The number of hydrogen-bond acceptors (Lipinski definition) is 2. The fourth-order valence-electron chi connectivity index (χ4n) is 1.77. The van der Waals surface area contributed by atoms with E-state index in [0.717, 1.165) is 12.1 Å². The van der Waals surface area contributed by atoms with E-state index in [1.54, 1.807) is 30.3 Å². The zero-order valence-electron chi connectivity index (χ0n) is 11.7. The van der Waals surface area contributed by atoms with Gasteiger partial charge in [-0.25, -0.2) is 0 Å². The summed E-state index contributed by atoms with van der Waals surface area (Å²) in [4.78, 5) is 12.0. The van der Waals surface area contributed by atoms with Crippen LogP contribution >= 0.6 is 0 Å². The first-order valence-corrected chi connectivity index (χ1v) is 6.56. The lowest BCUT2D eigenvalue weighted by Gasteiger charge is -2.15. The number of ether oxygens (including phenoxy) is 1. The Morgan fingerprint density at radius 2 is 1.77 bits per heavy atom. The van der Waals surface area contributed by atoms with E-state index >= 15 is 0 Å². The average Bonchev–Trinajstić information content (AvgIpc) is 2.47. The lowest BCUT2D eigenvalue weighted by atomic mass is 10.2. The first-order chi connectivity index (χ1) is 10.4. The third-order valence-electron chi connectivity index (χ3n) is 2.88. The first kappa shape index (κ1) is 15.9. The molecule has 0 fully saturated rings. The molecule has 2 rings (SSSR count). The average molecular weight is 309 g/mol. The van der Waals surface area contributed by atoms with Crippen LogP contribution in [0.2, 0.25) is 0 Å². The summed E-state index contributed by atoms with van der Waals surface area (Å²) in [5, 5.41) is 2.41. The summed E-state index contributed by atoms with van der Waals surface area (Å²) in [5.41, 5.74) is -0.745. The van der Waals surface area contributed by atoms with Gasteiger partial charge in [0.05, 0.1) is 5.56 Å². The molecule has 0 bridgehead atoms. The number of rotatable bonds is 4. The van der Waals surface area contributed by atoms with Crippen LogP contribution in [0.25, 0.3) is 0 Å². The zero-order chi connectivity index (χ0) is 16.2. The molecule has 0 radical (unpaired) electrons. The number of halogens is 3. The predicted molar refractivity (Wildman–Crippen MR) is 76.6 cm³/mol. The van der Waals surface area contributed by atoms with Gasteiger partial charge in [-0.3, -0.25) is 4.79 Å². The maximum Gasteiger partial charge on any atom is 0.416 e. The van der Waals surface area contributed by atoms with Crippen molar-refractivity contribution in [3.8, 4) is 5.75 Å². The normalized spacial score (nSPS) is 12.5. The van der Waals surface area contributed by atoms with Gasteiger partial charge in [0.25, 0.3) is 5.91 Å². The molecule has 0 aliphatic carbocycles. The molecule has 1 amide bonds. The van der Waals surface area contributed by atoms with Crippen LogP contribution < -0.4 is 10.1 Å². The van der Waals surface area contributed by atoms with Crippen LogP contribution in [0.3, 0.4) is 0 Å². The first-order valence-electron chi connectivity index (χ1n) is 6.56. The third-order valence-corrected chi connectivity index (χ3v) is 2.88. The summed E-state index contributed by atoms with van der Waals surface area (Å²) in [6, 6.07) is 13.2. The van der Waals surface area contributed by atoms with Crippen LogP contribution in [0, 0.1) is 0 Å². The molecule has 116 valence electrons. The van der Waals surface area contributed by atoms with Crippen molar-refractivity contribution in [3.05, 3.63) is 60.2 Å². The fourth-order valence-corrected chi connectivity index (χ4v) is 1.77. The predicted octanol–water partition coefficient (Wildman–Crippen LogP) is 4.11. The van der Waals surface area contributed by atoms with Crippen molar-refractivity contribution in [1.29, 1.82) is 0 Å². The molecule has 1 atom stereocenters. The zero-order valence-corrected chi connectivity index (χ0v) is 11.7. The van der Waals surface area contributed by atoms with Gasteiger partial charge in [0, 0.05) is 5.69 Å². The van der Waals surface area contributed by atoms with Crippen molar-refractivity contribution in [2.75, 3.05) is 5.32 Å². The summed E-state index contributed by atoms with van der Waals surface area (Å²) in [6.45, 7) is 1.52. The molecule has 0 aliphatic heterocycles. The van der Waals surface area contributed by atoms with E-state index in [9.17, 15) is 18.0 Å². The van der Waals surface area contributed by atoms with Gasteiger partial charge in [-0.05, 0) is 37.3 Å². The monoisotopic (exact) mass is 309 g/mol. The molecule has 1 N–H and O–H groups in total. The Morgan fingerprint density at radius 1 is 1.09 bits per heavy atom. The molecule has 2 aromatic carbocycles. The van der Waals surface area contributed by atoms with Crippen LogP contribution in [-0.4, -0.2) is 12.0 Å². The maximum absolute atomic E-state index is 12.6. The van der Waals surface area contributed by atoms with Crippen molar-refractivity contribution in [2.24, 2.45) is 0 Å². The van der Waals surface area contributed by atoms with Gasteiger partial charge in [-0.1, -0.05) is 24.3 Å². The number of carbonyl (C=O) groups excluding carboxylic acids is 1. The van der Waals surface area contributed by atoms with E-state index in [4.69, 9.17) is 4.74 Å². The van der Waals surface area contributed by atoms with Gasteiger partial charge in [0.15, 0.2) is 6.10 Å². The van der Waals surface area contributed by atoms with E-state index in [-0.39, 0.29) is 5.69 Å². The van der Waals surface area contributed by atoms with Gasteiger partial charge in [-0.15, -0.1) is 0 Å². The molecular weight excluding hydrogens is 295 g/mol. The molecule has 3 nitrogen and oxygen atoms in total. The Labute approximate surface area is 125 Å². The number of nitrogens with one attached hydrogen (secondary N) is 1. The fraction of sp³-hybridized carbons (Fsp3) is 0.188. The van der Waals surface area contributed by atoms with Crippen molar-refractivity contribution < 1.29 is 22.7 Å².